The van der Waals surface area contributed by atoms with Crippen molar-refractivity contribution in [2.45, 2.75) is 39.8 Å². The van der Waals surface area contributed by atoms with Crippen LogP contribution in [-0.4, -0.2) is 33.8 Å². The van der Waals surface area contributed by atoms with Gasteiger partial charge in [-0.15, -0.1) is 0 Å². The molecule has 5 heteroatoms. The van der Waals surface area contributed by atoms with Crippen LogP contribution in [0, 0.1) is 6.92 Å². The molecule has 0 fully saturated rings. The van der Waals surface area contributed by atoms with Crippen molar-refractivity contribution in [3.8, 4) is 0 Å². The van der Waals surface area contributed by atoms with Crippen molar-refractivity contribution in [2.75, 3.05) is 6.54 Å². The summed E-state index contributed by atoms with van der Waals surface area (Å²) in [4.78, 5) is 14.4. The summed E-state index contributed by atoms with van der Waals surface area (Å²) in [5.41, 5.74) is 1.96. The predicted molar refractivity (Wildman–Crippen MR) is 70.3 cm³/mol. The lowest BCUT2D eigenvalue weighted by atomic mass is 10.2. The lowest BCUT2D eigenvalue weighted by molar-refractivity contribution is -0.139. The molecule has 3 N–H and O–H groups in total. The van der Waals surface area contributed by atoms with E-state index in [2.05, 4.69) is 10.3 Å². The second-order valence-corrected chi connectivity index (χ2v) is 3.69. The molecule has 0 aliphatic heterocycles. The molecule has 1 aromatic rings. The molecule has 0 aromatic carbocycles. The van der Waals surface area contributed by atoms with Crippen molar-refractivity contribution in [1.82, 2.24) is 10.3 Å². The van der Waals surface area contributed by atoms with E-state index in [4.69, 9.17) is 5.11 Å². The first kappa shape index (κ1) is 16.5. The molecule has 1 aromatic heterocycles. The van der Waals surface area contributed by atoms with Crippen LogP contribution in [0.25, 0.3) is 0 Å². The second kappa shape index (κ2) is 9.56. The van der Waals surface area contributed by atoms with Crippen LogP contribution >= 0.6 is 0 Å². The molecule has 0 saturated carbocycles. The molecule has 102 valence electrons. The van der Waals surface area contributed by atoms with Crippen LogP contribution in [0.4, 0.5) is 0 Å². The van der Waals surface area contributed by atoms with Gasteiger partial charge in [0.15, 0.2) is 0 Å². The molecular weight excluding hydrogens is 232 g/mol. The number of carboxylic acid groups (broad SMARTS) is 1. The minimum absolute atomic E-state index is 0.237. The first-order chi connectivity index (χ1) is 8.58. The van der Waals surface area contributed by atoms with Crippen molar-refractivity contribution in [1.29, 1.82) is 0 Å². The number of carbonyl (C=O) groups is 1. The van der Waals surface area contributed by atoms with Crippen LogP contribution in [0.2, 0.25) is 0 Å². The van der Waals surface area contributed by atoms with Gasteiger partial charge in [0.1, 0.15) is 0 Å². The van der Waals surface area contributed by atoms with Gasteiger partial charge < -0.3 is 15.5 Å². The fourth-order valence-corrected chi connectivity index (χ4v) is 1.26. The van der Waals surface area contributed by atoms with Gasteiger partial charge in [-0.25, -0.2) is 0 Å². The fourth-order valence-electron chi connectivity index (χ4n) is 1.26. The summed E-state index contributed by atoms with van der Waals surface area (Å²) in [6.45, 7) is 6.75. The Morgan fingerprint density at radius 1 is 1.44 bits per heavy atom. The normalized spacial score (nSPS) is 11.3. The van der Waals surface area contributed by atoms with Gasteiger partial charge in [-0.3, -0.25) is 9.78 Å². The van der Waals surface area contributed by atoms with Crippen LogP contribution < -0.4 is 5.32 Å². The van der Waals surface area contributed by atoms with Crippen LogP contribution in [0.3, 0.4) is 0 Å². The lowest BCUT2D eigenvalue weighted by Gasteiger charge is -2.09. The Hall–Kier alpha value is -1.46. The van der Waals surface area contributed by atoms with Crippen LogP contribution in [0.15, 0.2) is 18.3 Å². The minimum Gasteiger partial charge on any atom is -0.481 e. The smallest absolute Gasteiger partial charge is 0.306 e. The Bertz CT molecular complexity index is 339. The van der Waals surface area contributed by atoms with E-state index in [1.807, 2.05) is 32.9 Å². The first-order valence-electron chi connectivity index (χ1n) is 6.10. The number of nitrogens with zero attached hydrogens (tertiary/aromatic N) is 1. The number of aliphatic hydroxyl groups is 1. The molecule has 18 heavy (non-hydrogen) atoms. The van der Waals surface area contributed by atoms with E-state index in [9.17, 15) is 9.90 Å². The van der Waals surface area contributed by atoms with Gasteiger partial charge >= 0.3 is 5.97 Å². The van der Waals surface area contributed by atoms with Crippen molar-refractivity contribution in [2.24, 2.45) is 0 Å². The number of aliphatic carboxylic acids is 1. The summed E-state index contributed by atoms with van der Waals surface area (Å²) >= 11 is 0. The molecule has 0 bridgehead atoms. The quantitative estimate of drug-likeness (QED) is 0.713. The summed E-state index contributed by atoms with van der Waals surface area (Å²) < 4.78 is 0. The molecule has 1 heterocycles. The van der Waals surface area contributed by atoms with E-state index < -0.39 is 12.1 Å². The summed E-state index contributed by atoms with van der Waals surface area (Å²) in [5, 5.41) is 20.7. The average molecular weight is 254 g/mol. The maximum absolute atomic E-state index is 10.3. The molecule has 0 amide bonds. The largest absolute Gasteiger partial charge is 0.481 e. The number of hydrogen-bond acceptors (Lipinski definition) is 4. The highest BCUT2D eigenvalue weighted by Gasteiger charge is 2.08. The molecule has 1 rings (SSSR count). The molecule has 0 spiro atoms. The summed E-state index contributed by atoms with van der Waals surface area (Å²) in [6, 6.07) is 3.85. The zero-order valence-corrected chi connectivity index (χ0v) is 11.2. The number of carboxylic acids is 1. The predicted octanol–water partition coefficient (Wildman–Crippen LogP) is 1.34. The van der Waals surface area contributed by atoms with Crippen molar-refractivity contribution >= 4 is 5.97 Å². The standard InChI is InChI=1S/C11H16N2O3.C2H6/c1-8-2-3-9(6-13-8)5-12-7-10(14)4-11(15)16;1-2/h2-3,6,10,12,14H,4-5,7H2,1H3,(H,15,16);1-2H3. The molecule has 0 radical (unpaired) electrons. The molecule has 0 saturated heterocycles. The minimum atomic E-state index is -0.994. The Balaban J connectivity index is 0.00000137. The highest BCUT2D eigenvalue weighted by molar-refractivity contribution is 5.67. The van der Waals surface area contributed by atoms with Gasteiger partial charge in [-0.05, 0) is 18.6 Å². The van der Waals surface area contributed by atoms with E-state index in [1.54, 1.807) is 6.20 Å². The Labute approximate surface area is 108 Å². The van der Waals surface area contributed by atoms with Crippen molar-refractivity contribution in [3.05, 3.63) is 29.6 Å². The maximum Gasteiger partial charge on any atom is 0.306 e. The highest BCUT2D eigenvalue weighted by Crippen LogP contribution is 1.99. The van der Waals surface area contributed by atoms with Gasteiger partial charge in [0, 0.05) is 25.0 Å². The molecule has 1 unspecified atom stereocenters. The molecular formula is C13H22N2O3. The second-order valence-electron chi connectivity index (χ2n) is 3.69. The van der Waals surface area contributed by atoms with Crippen LogP contribution in [0.1, 0.15) is 31.5 Å². The Morgan fingerprint density at radius 2 is 2.11 bits per heavy atom. The molecule has 0 aliphatic rings. The summed E-state index contributed by atoms with van der Waals surface area (Å²) in [6.07, 6.45) is 0.668. The SMILES string of the molecule is CC.Cc1ccc(CNCC(O)CC(=O)O)cn1. The first-order valence-corrected chi connectivity index (χ1v) is 6.10. The summed E-state index contributed by atoms with van der Waals surface area (Å²) in [5.74, 6) is -0.994. The van der Waals surface area contributed by atoms with E-state index >= 15 is 0 Å². The van der Waals surface area contributed by atoms with E-state index in [0.29, 0.717) is 6.54 Å². The zero-order chi connectivity index (χ0) is 14.0. The average Bonchev–Trinajstić information content (AvgIpc) is 2.33. The van der Waals surface area contributed by atoms with Gasteiger partial charge in [0.05, 0.1) is 12.5 Å². The number of pyridine rings is 1. The van der Waals surface area contributed by atoms with Crippen LogP contribution in [-0.2, 0) is 11.3 Å². The van der Waals surface area contributed by atoms with E-state index in [0.717, 1.165) is 11.3 Å². The Kier molecular flexibility index (Phi) is 8.78. The Morgan fingerprint density at radius 3 is 2.61 bits per heavy atom. The van der Waals surface area contributed by atoms with E-state index in [1.165, 1.54) is 0 Å². The van der Waals surface area contributed by atoms with Gasteiger partial charge in [0.25, 0.3) is 0 Å². The van der Waals surface area contributed by atoms with Gasteiger partial charge in [-0.2, -0.15) is 0 Å². The summed E-state index contributed by atoms with van der Waals surface area (Å²) in [7, 11) is 0. The van der Waals surface area contributed by atoms with Crippen molar-refractivity contribution < 1.29 is 15.0 Å². The maximum atomic E-state index is 10.3. The third kappa shape index (κ3) is 7.76. The van der Waals surface area contributed by atoms with Gasteiger partial charge in [-0.1, -0.05) is 19.9 Å². The number of aryl methyl sites for hydroxylation is 1. The number of hydrogen-bond donors (Lipinski definition) is 3. The lowest BCUT2D eigenvalue weighted by Crippen LogP contribution is -2.28. The molecule has 1 atom stereocenters. The monoisotopic (exact) mass is 254 g/mol. The van der Waals surface area contributed by atoms with Gasteiger partial charge in [0.2, 0.25) is 0 Å². The number of aliphatic hydroxyl groups excluding tert-OH is 1. The third-order valence-electron chi connectivity index (χ3n) is 2.09. The molecule has 5 nitrogen and oxygen atoms in total. The van der Waals surface area contributed by atoms with Crippen LogP contribution in [0.5, 0.6) is 0 Å². The fraction of sp³-hybridized carbons (Fsp3) is 0.538. The topological polar surface area (TPSA) is 82.5 Å². The molecule has 0 aliphatic carbocycles. The number of aromatic nitrogens is 1. The van der Waals surface area contributed by atoms with Crippen molar-refractivity contribution in [3.63, 3.8) is 0 Å². The van der Waals surface area contributed by atoms with E-state index in [-0.39, 0.29) is 13.0 Å². The number of nitrogens with one attached hydrogen (secondary N) is 1. The zero-order valence-electron chi connectivity index (χ0n) is 11.2. The number of rotatable bonds is 6. The third-order valence-corrected chi connectivity index (χ3v) is 2.09. The highest BCUT2D eigenvalue weighted by atomic mass is 16.4.